The van der Waals surface area contributed by atoms with Crippen molar-refractivity contribution in [3.63, 3.8) is 0 Å². The standard InChI is InChI=1S/C24H34N4O3S/c1-4-28(19(2)3)23-14-8-20(9-15-23)25-24(29)18-32(30,31)26-21-10-12-22(13-11-21)27-16-6-5-7-17-27/h8-15,19,26H,4-7,16-18H2,1-3H3,(H,25,29). The van der Waals surface area contributed by atoms with Gasteiger partial charge in [0.05, 0.1) is 0 Å². The van der Waals surface area contributed by atoms with Crippen molar-refractivity contribution in [3.05, 3.63) is 48.5 Å². The molecule has 0 aromatic heterocycles. The first-order valence-electron chi connectivity index (χ1n) is 11.3. The van der Waals surface area contributed by atoms with Gasteiger partial charge in [-0.1, -0.05) is 0 Å². The fourth-order valence-corrected chi connectivity index (χ4v) is 5.04. The minimum absolute atomic E-state index is 0.366. The number of sulfonamides is 1. The second-order valence-corrected chi connectivity index (χ2v) is 10.2. The maximum absolute atomic E-state index is 12.5. The highest BCUT2D eigenvalue weighted by Gasteiger charge is 2.18. The molecule has 8 heteroatoms. The Hall–Kier alpha value is -2.74. The van der Waals surface area contributed by atoms with Crippen LogP contribution in [0.3, 0.4) is 0 Å². The quantitative estimate of drug-likeness (QED) is 0.586. The first-order valence-corrected chi connectivity index (χ1v) is 12.9. The van der Waals surface area contributed by atoms with Gasteiger partial charge in [-0.2, -0.15) is 0 Å². The molecule has 0 atom stereocenters. The van der Waals surface area contributed by atoms with Crippen LogP contribution in [0.25, 0.3) is 0 Å². The van der Waals surface area contributed by atoms with Crippen molar-refractivity contribution in [2.24, 2.45) is 0 Å². The number of hydrogen-bond donors (Lipinski definition) is 2. The van der Waals surface area contributed by atoms with Crippen LogP contribution >= 0.6 is 0 Å². The average Bonchev–Trinajstić information content (AvgIpc) is 2.75. The summed E-state index contributed by atoms with van der Waals surface area (Å²) in [7, 11) is -3.81. The number of rotatable bonds is 9. The zero-order chi connectivity index (χ0) is 23.1. The van der Waals surface area contributed by atoms with E-state index in [2.05, 4.69) is 40.6 Å². The molecule has 0 radical (unpaired) electrons. The molecule has 174 valence electrons. The zero-order valence-corrected chi connectivity index (χ0v) is 20.0. The summed E-state index contributed by atoms with van der Waals surface area (Å²) in [6.07, 6.45) is 3.62. The Morgan fingerprint density at radius 3 is 2.12 bits per heavy atom. The van der Waals surface area contributed by atoms with E-state index < -0.39 is 21.7 Å². The van der Waals surface area contributed by atoms with E-state index in [1.54, 1.807) is 24.3 Å². The first-order chi connectivity index (χ1) is 15.3. The molecular formula is C24H34N4O3S. The SMILES string of the molecule is CCN(c1ccc(NC(=O)CS(=O)(=O)Nc2ccc(N3CCCCC3)cc2)cc1)C(C)C. The molecular weight excluding hydrogens is 424 g/mol. The van der Waals surface area contributed by atoms with Gasteiger partial charge in [-0.05, 0) is 88.6 Å². The Labute approximate surface area is 191 Å². The van der Waals surface area contributed by atoms with E-state index in [4.69, 9.17) is 0 Å². The summed E-state index contributed by atoms with van der Waals surface area (Å²) < 4.78 is 27.4. The lowest BCUT2D eigenvalue weighted by Crippen LogP contribution is -2.30. The van der Waals surface area contributed by atoms with Gasteiger partial charge in [-0.15, -0.1) is 0 Å². The highest BCUT2D eigenvalue weighted by Crippen LogP contribution is 2.23. The van der Waals surface area contributed by atoms with Gasteiger partial charge in [0.25, 0.3) is 0 Å². The minimum Gasteiger partial charge on any atom is -0.372 e. The number of nitrogens with zero attached hydrogens (tertiary/aromatic N) is 2. The van der Waals surface area contributed by atoms with Crippen LogP contribution in [-0.4, -0.2) is 45.8 Å². The van der Waals surface area contributed by atoms with Crippen LogP contribution in [0.4, 0.5) is 22.7 Å². The second kappa shape index (κ2) is 10.7. The summed E-state index contributed by atoms with van der Waals surface area (Å²) in [6, 6.07) is 15.1. The van der Waals surface area contributed by atoms with Crippen LogP contribution in [0.1, 0.15) is 40.0 Å². The monoisotopic (exact) mass is 458 g/mol. The third-order valence-corrected chi connectivity index (χ3v) is 6.82. The van der Waals surface area contributed by atoms with Crippen LogP contribution in [0.2, 0.25) is 0 Å². The highest BCUT2D eigenvalue weighted by atomic mass is 32.2. The van der Waals surface area contributed by atoms with Gasteiger partial charge in [0, 0.05) is 48.4 Å². The van der Waals surface area contributed by atoms with E-state index in [0.717, 1.165) is 31.0 Å². The largest absolute Gasteiger partial charge is 0.372 e. The van der Waals surface area contributed by atoms with Crippen molar-refractivity contribution in [1.82, 2.24) is 0 Å². The van der Waals surface area contributed by atoms with Crippen LogP contribution in [0.5, 0.6) is 0 Å². The van der Waals surface area contributed by atoms with E-state index in [1.165, 1.54) is 19.3 Å². The summed E-state index contributed by atoms with van der Waals surface area (Å²) in [5.74, 6) is -1.22. The molecule has 0 unspecified atom stereocenters. The van der Waals surface area contributed by atoms with Gasteiger partial charge in [0.15, 0.2) is 0 Å². The van der Waals surface area contributed by atoms with E-state index in [0.29, 0.717) is 17.4 Å². The van der Waals surface area contributed by atoms with Crippen molar-refractivity contribution < 1.29 is 13.2 Å². The molecule has 1 aliphatic heterocycles. The van der Waals surface area contributed by atoms with Crippen molar-refractivity contribution in [1.29, 1.82) is 0 Å². The van der Waals surface area contributed by atoms with Crippen molar-refractivity contribution in [3.8, 4) is 0 Å². The van der Waals surface area contributed by atoms with Crippen molar-refractivity contribution in [2.45, 2.75) is 46.1 Å². The normalized spacial score (nSPS) is 14.3. The van der Waals surface area contributed by atoms with E-state index in [-0.39, 0.29) is 0 Å². The molecule has 1 fully saturated rings. The van der Waals surface area contributed by atoms with E-state index in [9.17, 15) is 13.2 Å². The zero-order valence-electron chi connectivity index (χ0n) is 19.2. The van der Waals surface area contributed by atoms with Gasteiger partial charge >= 0.3 is 0 Å². The number of nitrogens with one attached hydrogen (secondary N) is 2. The molecule has 1 amide bonds. The summed E-state index contributed by atoms with van der Waals surface area (Å²) in [6.45, 7) is 9.28. The first kappa shape index (κ1) is 23.9. The predicted molar refractivity (Wildman–Crippen MR) is 133 cm³/mol. The number of anilines is 4. The molecule has 2 aromatic carbocycles. The van der Waals surface area contributed by atoms with E-state index in [1.807, 2.05) is 24.3 Å². The van der Waals surface area contributed by atoms with Crippen LogP contribution in [0.15, 0.2) is 48.5 Å². The fourth-order valence-electron chi connectivity index (χ4n) is 4.06. The average molecular weight is 459 g/mol. The summed E-state index contributed by atoms with van der Waals surface area (Å²) in [5.41, 5.74) is 3.17. The number of amides is 1. The molecule has 0 aliphatic carbocycles. The van der Waals surface area contributed by atoms with Crippen molar-refractivity contribution >= 4 is 38.7 Å². The minimum atomic E-state index is -3.81. The number of piperidine rings is 1. The third-order valence-electron chi connectivity index (χ3n) is 5.63. The topological polar surface area (TPSA) is 81.8 Å². The maximum Gasteiger partial charge on any atom is 0.241 e. The summed E-state index contributed by atoms with van der Waals surface area (Å²) >= 11 is 0. The predicted octanol–water partition coefficient (Wildman–Crippen LogP) is 4.29. The lowest BCUT2D eigenvalue weighted by Gasteiger charge is -2.28. The molecule has 2 N–H and O–H groups in total. The Kier molecular flexibility index (Phi) is 8.01. The smallest absolute Gasteiger partial charge is 0.241 e. The Balaban J connectivity index is 1.55. The van der Waals surface area contributed by atoms with Crippen molar-refractivity contribution in [2.75, 3.05) is 45.2 Å². The van der Waals surface area contributed by atoms with Crippen LogP contribution in [-0.2, 0) is 14.8 Å². The summed E-state index contributed by atoms with van der Waals surface area (Å²) in [4.78, 5) is 16.9. The van der Waals surface area contributed by atoms with E-state index >= 15 is 0 Å². The second-order valence-electron chi connectivity index (χ2n) is 8.43. The van der Waals surface area contributed by atoms with Gasteiger partial charge in [0.2, 0.25) is 15.9 Å². The molecule has 1 saturated heterocycles. The lowest BCUT2D eigenvalue weighted by atomic mass is 10.1. The Morgan fingerprint density at radius 1 is 0.969 bits per heavy atom. The number of hydrogen-bond acceptors (Lipinski definition) is 5. The maximum atomic E-state index is 12.5. The fraction of sp³-hybridized carbons (Fsp3) is 0.458. The van der Waals surface area contributed by atoms with Gasteiger partial charge in [-0.25, -0.2) is 8.42 Å². The third kappa shape index (κ3) is 6.63. The van der Waals surface area contributed by atoms with Crippen LogP contribution in [0, 0.1) is 0 Å². The van der Waals surface area contributed by atoms with Gasteiger partial charge in [0.1, 0.15) is 5.75 Å². The number of carbonyl (C=O) groups is 1. The Bertz CT molecular complexity index is 983. The molecule has 2 aromatic rings. The molecule has 0 saturated carbocycles. The van der Waals surface area contributed by atoms with Gasteiger partial charge < -0.3 is 15.1 Å². The molecule has 1 heterocycles. The molecule has 3 rings (SSSR count). The summed E-state index contributed by atoms with van der Waals surface area (Å²) in [5, 5.41) is 2.67. The lowest BCUT2D eigenvalue weighted by molar-refractivity contribution is -0.113. The van der Waals surface area contributed by atoms with Crippen LogP contribution < -0.4 is 19.8 Å². The molecule has 7 nitrogen and oxygen atoms in total. The molecule has 1 aliphatic rings. The number of carbonyl (C=O) groups excluding carboxylic acids is 1. The number of benzene rings is 2. The highest BCUT2D eigenvalue weighted by molar-refractivity contribution is 7.93. The Morgan fingerprint density at radius 2 is 1.56 bits per heavy atom. The molecule has 0 spiro atoms. The van der Waals surface area contributed by atoms with Gasteiger partial charge in [-0.3, -0.25) is 9.52 Å². The molecule has 32 heavy (non-hydrogen) atoms. The molecule has 0 bridgehead atoms.